The molecule has 1 aromatic carbocycles. The first-order chi connectivity index (χ1) is 12.0. The van der Waals surface area contributed by atoms with Crippen LogP contribution in [0.3, 0.4) is 0 Å². The first kappa shape index (κ1) is 17.6. The molecule has 1 N–H and O–H groups in total. The summed E-state index contributed by atoms with van der Waals surface area (Å²) in [6.07, 6.45) is 5.50. The van der Waals surface area contributed by atoms with Gasteiger partial charge in [0.1, 0.15) is 10.7 Å². The van der Waals surface area contributed by atoms with Crippen LogP contribution in [0.1, 0.15) is 44.9 Å². The number of anilines is 1. The lowest BCUT2D eigenvalue weighted by Crippen LogP contribution is -2.21. The minimum atomic E-state index is -0.561. The predicted molar refractivity (Wildman–Crippen MR) is 95.6 cm³/mol. The van der Waals surface area contributed by atoms with Crippen molar-refractivity contribution in [2.24, 2.45) is 0 Å². The van der Waals surface area contributed by atoms with Crippen LogP contribution in [0.25, 0.3) is 0 Å². The Labute approximate surface area is 150 Å². The molecule has 6 heteroatoms. The van der Waals surface area contributed by atoms with Gasteiger partial charge in [0, 0.05) is 4.88 Å². The van der Waals surface area contributed by atoms with Crippen molar-refractivity contribution in [1.29, 1.82) is 0 Å². The van der Waals surface area contributed by atoms with E-state index in [4.69, 9.17) is 4.74 Å². The lowest BCUT2D eigenvalue weighted by molar-refractivity contribution is -0.119. The molecule has 1 aromatic heterocycles. The Morgan fingerprint density at radius 1 is 1.20 bits per heavy atom. The zero-order valence-electron chi connectivity index (χ0n) is 14.1. The third-order valence-electron chi connectivity index (χ3n) is 4.18. The maximum atomic E-state index is 13.7. The van der Waals surface area contributed by atoms with Gasteiger partial charge in [-0.3, -0.25) is 4.79 Å². The van der Waals surface area contributed by atoms with E-state index in [0.717, 1.165) is 31.2 Å². The van der Waals surface area contributed by atoms with Gasteiger partial charge in [-0.15, -0.1) is 11.3 Å². The topological polar surface area (TPSA) is 55.4 Å². The van der Waals surface area contributed by atoms with Crippen molar-refractivity contribution in [2.45, 2.75) is 39.0 Å². The van der Waals surface area contributed by atoms with E-state index in [0.29, 0.717) is 4.88 Å². The van der Waals surface area contributed by atoms with E-state index >= 15 is 0 Å². The number of esters is 1. The van der Waals surface area contributed by atoms with Gasteiger partial charge < -0.3 is 10.1 Å². The Hall–Kier alpha value is -2.21. The van der Waals surface area contributed by atoms with Gasteiger partial charge in [-0.1, -0.05) is 12.5 Å². The highest BCUT2D eigenvalue weighted by atomic mass is 32.1. The van der Waals surface area contributed by atoms with E-state index in [1.165, 1.54) is 40.3 Å². The SMILES string of the molecule is Cc1ccc(NC(=O)COC(=O)c2cc3c(s2)CCCCC3)c(F)c1. The second-order valence-electron chi connectivity index (χ2n) is 6.23. The molecule has 0 saturated heterocycles. The molecule has 1 amide bonds. The summed E-state index contributed by atoms with van der Waals surface area (Å²) in [6, 6.07) is 6.40. The molecule has 0 spiro atoms. The molecular weight excluding hydrogens is 341 g/mol. The van der Waals surface area contributed by atoms with Crippen LogP contribution in [-0.4, -0.2) is 18.5 Å². The second-order valence-corrected chi connectivity index (χ2v) is 7.36. The average molecular weight is 361 g/mol. The number of fused-ring (bicyclic) bond motifs is 1. The molecule has 3 rings (SSSR count). The number of halogens is 1. The summed E-state index contributed by atoms with van der Waals surface area (Å²) < 4.78 is 18.8. The number of thiophene rings is 1. The maximum Gasteiger partial charge on any atom is 0.348 e. The Balaban J connectivity index is 1.56. The average Bonchev–Trinajstić information content (AvgIpc) is 2.86. The van der Waals surface area contributed by atoms with Crippen LogP contribution in [0, 0.1) is 12.7 Å². The lowest BCUT2D eigenvalue weighted by atomic mass is 10.1. The number of rotatable bonds is 4. The third kappa shape index (κ3) is 4.45. The molecule has 0 atom stereocenters. The molecule has 25 heavy (non-hydrogen) atoms. The van der Waals surface area contributed by atoms with Gasteiger partial charge in [0.15, 0.2) is 6.61 Å². The highest BCUT2D eigenvalue weighted by Gasteiger charge is 2.18. The second kappa shape index (κ2) is 7.78. The lowest BCUT2D eigenvalue weighted by Gasteiger charge is -2.07. The summed E-state index contributed by atoms with van der Waals surface area (Å²) >= 11 is 1.45. The summed E-state index contributed by atoms with van der Waals surface area (Å²) in [5.41, 5.74) is 2.06. The quantitative estimate of drug-likeness (QED) is 0.654. The normalized spacial score (nSPS) is 13.7. The van der Waals surface area contributed by atoms with E-state index < -0.39 is 24.3 Å². The fourth-order valence-electron chi connectivity index (χ4n) is 2.88. The molecule has 2 aromatic rings. The summed E-state index contributed by atoms with van der Waals surface area (Å²) in [5, 5.41) is 2.41. The number of hydrogen-bond acceptors (Lipinski definition) is 4. The first-order valence-corrected chi connectivity index (χ1v) is 9.19. The van der Waals surface area contributed by atoms with Gasteiger partial charge >= 0.3 is 5.97 Å². The van der Waals surface area contributed by atoms with Crippen LogP contribution in [-0.2, 0) is 22.4 Å². The minimum Gasteiger partial charge on any atom is -0.451 e. The van der Waals surface area contributed by atoms with Gasteiger partial charge in [-0.2, -0.15) is 0 Å². The molecule has 1 heterocycles. The van der Waals surface area contributed by atoms with Crippen molar-refractivity contribution >= 4 is 28.9 Å². The van der Waals surface area contributed by atoms with Gasteiger partial charge in [0.25, 0.3) is 5.91 Å². The fourth-order valence-corrected chi connectivity index (χ4v) is 4.03. The van der Waals surface area contributed by atoms with E-state index in [9.17, 15) is 14.0 Å². The molecule has 0 unspecified atom stereocenters. The highest BCUT2D eigenvalue weighted by Crippen LogP contribution is 2.29. The maximum absolute atomic E-state index is 13.7. The minimum absolute atomic E-state index is 0.0782. The van der Waals surface area contributed by atoms with Crippen molar-refractivity contribution in [1.82, 2.24) is 0 Å². The monoisotopic (exact) mass is 361 g/mol. The zero-order valence-corrected chi connectivity index (χ0v) is 14.9. The van der Waals surface area contributed by atoms with Gasteiger partial charge in [0.2, 0.25) is 0 Å². The Bertz CT molecular complexity index is 776. The number of amides is 1. The number of aryl methyl sites for hydroxylation is 3. The molecule has 4 nitrogen and oxygen atoms in total. The molecule has 0 saturated carbocycles. The summed E-state index contributed by atoms with van der Waals surface area (Å²) in [4.78, 5) is 25.8. The number of carbonyl (C=O) groups is 2. The van der Waals surface area contributed by atoms with Crippen LogP contribution in [0.4, 0.5) is 10.1 Å². The molecule has 0 aliphatic heterocycles. The Morgan fingerprint density at radius 3 is 2.80 bits per heavy atom. The van der Waals surface area contributed by atoms with Crippen LogP contribution in [0.15, 0.2) is 24.3 Å². The number of carbonyl (C=O) groups excluding carboxylic acids is 2. The third-order valence-corrected chi connectivity index (χ3v) is 5.40. The van der Waals surface area contributed by atoms with Gasteiger partial charge in [-0.05, 0) is 61.9 Å². The van der Waals surface area contributed by atoms with E-state index in [2.05, 4.69) is 5.32 Å². The standard InChI is InChI=1S/C19H20FNO3S/c1-12-7-8-15(14(20)9-12)21-18(22)11-24-19(23)17-10-13-5-3-2-4-6-16(13)25-17/h7-10H,2-6,11H2,1H3,(H,21,22). The Kier molecular flexibility index (Phi) is 5.48. The van der Waals surface area contributed by atoms with Crippen molar-refractivity contribution in [3.8, 4) is 0 Å². The summed E-state index contributed by atoms with van der Waals surface area (Å²) in [5.74, 6) is -1.58. The fraction of sp³-hybridized carbons (Fsp3) is 0.368. The smallest absolute Gasteiger partial charge is 0.348 e. The van der Waals surface area contributed by atoms with Gasteiger partial charge in [-0.25, -0.2) is 9.18 Å². The first-order valence-electron chi connectivity index (χ1n) is 8.37. The number of hydrogen-bond donors (Lipinski definition) is 1. The van der Waals surface area contributed by atoms with Crippen molar-refractivity contribution < 1.29 is 18.7 Å². The zero-order chi connectivity index (χ0) is 17.8. The van der Waals surface area contributed by atoms with E-state index in [-0.39, 0.29) is 5.69 Å². The predicted octanol–water partition coefficient (Wildman–Crippen LogP) is 4.26. The molecule has 0 bridgehead atoms. The van der Waals surface area contributed by atoms with Crippen molar-refractivity contribution in [2.75, 3.05) is 11.9 Å². The van der Waals surface area contributed by atoms with Crippen molar-refractivity contribution in [3.63, 3.8) is 0 Å². The van der Waals surface area contributed by atoms with Crippen LogP contribution in [0.5, 0.6) is 0 Å². The summed E-state index contributed by atoms with van der Waals surface area (Å²) in [6.45, 7) is 1.33. The summed E-state index contributed by atoms with van der Waals surface area (Å²) in [7, 11) is 0. The number of nitrogens with one attached hydrogen (secondary N) is 1. The van der Waals surface area contributed by atoms with Crippen LogP contribution in [0.2, 0.25) is 0 Å². The molecule has 1 aliphatic rings. The molecule has 0 radical (unpaired) electrons. The molecule has 132 valence electrons. The molecule has 1 aliphatic carbocycles. The largest absolute Gasteiger partial charge is 0.451 e. The highest BCUT2D eigenvalue weighted by molar-refractivity contribution is 7.14. The Morgan fingerprint density at radius 2 is 2.00 bits per heavy atom. The van der Waals surface area contributed by atoms with E-state index in [1.54, 1.807) is 13.0 Å². The number of benzene rings is 1. The van der Waals surface area contributed by atoms with Gasteiger partial charge in [0.05, 0.1) is 5.69 Å². The molecular formula is C19H20FNO3S. The van der Waals surface area contributed by atoms with E-state index in [1.807, 2.05) is 6.07 Å². The number of ether oxygens (including phenoxy) is 1. The van der Waals surface area contributed by atoms with Crippen LogP contribution >= 0.6 is 11.3 Å². The van der Waals surface area contributed by atoms with Crippen molar-refractivity contribution in [3.05, 3.63) is 51.0 Å². The van der Waals surface area contributed by atoms with Crippen LogP contribution < -0.4 is 5.32 Å². The molecule has 0 fully saturated rings.